The van der Waals surface area contributed by atoms with E-state index >= 15 is 0 Å². The highest BCUT2D eigenvalue weighted by Crippen LogP contribution is 2.26. The van der Waals surface area contributed by atoms with Gasteiger partial charge in [-0.1, -0.05) is 17.7 Å². The van der Waals surface area contributed by atoms with Crippen molar-refractivity contribution in [2.75, 3.05) is 5.73 Å². The summed E-state index contributed by atoms with van der Waals surface area (Å²) in [4.78, 5) is 9.47. The minimum atomic E-state index is 0.474. The second kappa shape index (κ2) is 4.01. The number of anilines is 1. The molecule has 3 rings (SSSR count). The van der Waals surface area contributed by atoms with Gasteiger partial charge in [0.25, 0.3) is 0 Å². The van der Waals surface area contributed by atoms with E-state index in [4.69, 9.17) is 17.3 Å². The summed E-state index contributed by atoms with van der Waals surface area (Å²) in [5.41, 5.74) is 9.41. The van der Waals surface area contributed by atoms with Crippen LogP contribution in [0.2, 0.25) is 5.02 Å². The lowest BCUT2D eigenvalue weighted by molar-refractivity contribution is 0.850. The standard InChI is InChI=1S/C11H9ClN4S/c12-8-2-1-3-9-10(8)15-11(13)16(9)5-7-4-14-6-17-7/h1-4,6H,5H2,(H2,13,15). The van der Waals surface area contributed by atoms with E-state index in [1.807, 2.05) is 29.0 Å². The molecule has 1 aromatic carbocycles. The fraction of sp³-hybridized carbons (Fsp3) is 0.0909. The Bertz CT molecular complexity index is 659. The lowest BCUT2D eigenvalue weighted by atomic mass is 10.3. The van der Waals surface area contributed by atoms with Gasteiger partial charge in [0.05, 0.1) is 22.6 Å². The van der Waals surface area contributed by atoms with E-state index in [0.29, 0.717) is 17.5 Å². The van der Waals surface area contributed by atoms with Crippen LogP contribution in [0, 0.1) is 0 Å². The first kappa shape index (κ1) is 10.6. The Morgan fingerprint density at radius 3 is 3.06 bits per heavy atom. The number of rotatable bonds is 2. The van der Waals surface area contributed by atoms with Gasteiger partial charge < -0.3 is 10.3 Å². The Labute approximate surface area is 107 Å². The zero-order valence-corrected chi connectivity index (χ0v) is 10.4. The summed E-state index contributed by atoms with van der Waals surface area (Å²) in [5, 5.41) is 0.622. The summed E-state index contributed by atoms with van der Waals surface area (Å²) in [6, 6.07) is 5.67. The highest BCUT2D eigenvalue weighted by Gasteiger charge is 2.11. The molecule has 0 bridgehead atoms. The highest BCUT2D eigenvalue weighted by molar-refractivity contribution is 7.09. The zero-order valence-electron chi connectivity index (χ0n) is 8.80. The molecular weight excluding hydrogens is 256 g/mol. The molecule has 17 heavy (non-hydrogen) atoms. The van der Waals surface area contributed by atoms with E-state index in [2.05, 4.69) is 9.97 Å². The van der Waals surface area contributed by atoms with Crippen LogP contribution in [0.15, 0.2) is 29.9 Å². The van der Waals surface area contributed by atoms with Crippen molar-refractivity contribution < 1.29 is 0 Å². The summed E-state index contributed by atoms with van der Waals surface area (Å²) in [6.07, 6.45) is 1.83. The molecule has 0 radical (unpaired) electrons. The van der Waals surface area contributed by atoms with Gasteiger partial charge in [-0.2, -0.15) is 0 Å². The second-order valence-electron chi connectivity index (χ2n) is 3.63. The molecule has 0 saturated heterocycles. The molecule has 6 heteroatoms. The van der Waals surface area contributed by atoms with Crippen LogP contribution in [0.3, 0.4) is 0 Å². The van der Waals surface area contributed by atoms with Crippen LogP contribution >= 0.6 is 22.9 Å². The molecule has 3 aromatic rings. The highest BCUT2D eigenvalue weighted by atomic mass is 35.5. The number of thiazole rings is 1. The molecule has 0 fully saturated rings. The fourth-order valence-electron chi connectivity index (χ4n) is 1.77. The van der Waals surface area contributed by atoms with Gasteiger partial charge in [0, 0.05) is 11.1 Å². The molecule has 4 nitrogen and oxygen atoms in total. The van der Waals surface area contributed by atoms with E-state index in [0.717, 1.165) is 15.9 Å². The van der Waals surface area contributed by atoms with Gasteiger partial charge in [-0.25, -0.2) is 4.98 Å². The quantitative estimate of drug-likeness (QED) is 0.774. The smallest absolute Gasteiger partial charge is 0.201 e. The van der Waals surface area contributed by atoms with Gasteiger partial charge >= 0.3 is 0 Å². The molecule has 2 aromatic heterocycles. The number of imidazole rings is 1. The van der Waals surface area contributed by atoms with E-state index in [1.165, 1.54) is 0 Å². The van der Waals surface area contributed by atoms with E-state index in [1.54, 1.807) is 16.8 Å². The molecule has 0 aliphatic heterocycles. The van der Waals surface area contributed by atoms with Gasteiger partial charge in [0.15, 0.2) is 0 Å². The summed E-state index contributed by atoms with van der Waals surface area (Å²) < 4.78 is 1.94. The first-order chi connectivity index (χ1) is 8.25. The molecule has 0 spiro atoms. The number of para-hydroxylation sites is 1. The minimum Gasteiger partial charge on any atom is -0.369 e. The first-order valence-corrected chi connectivity index (χ1v) is 6.29. The maximum atomic E-state index is 6.08. The van der Waals surface area contributed by atoms with Crippen molar-refractivity contribution in [2.24, 2.45) is 0 Å². The lowest BCUT2D eigenvalue weighted by Gasteiger charge is -2.03. The van der Waals surface area contributed by atoms with Crippen LogP contribution in [0.1, 0.15) is 4.88 Å². The predicted molar refractivity (Wildman–Crippen MR) is 70.4 cm³/mol. The van der Waals surface area contributed by atoms with E-state index in [9.17, 15) is 0 Å². The Morgan fingerprint density at radius 2 is 2.29 bits per heavy atom. The van der Waals surface area contributed by atoms with Crippen molar-refractivity contribution in [1.29, 1.82) is 0 Å². The van der Waals surface area contributed by atoms with Crippen molar-refractivity contribution in [3.05, 3.63) is 39.8 Å². The van der Waals surface area contributed by atoms with Crippen LogP contribution in [-0.4, -0.2) is 14.5 Å². The van der Waals surface area contributed by atoms with Crippen molar-refractivity contribution in [3.8, 4) is 0 Å². The SMILES string of the molecule is Nc1nc2c(Cl)cccc2n1Cc1cncs1. The number of nitrogens with zero attached hydrogens (tertiary/aromatic N) is 3. The van der Waals surface area contributed by atoms with Crippen LogP contribution in [0.4, 0.5) is 5.95 Å². The number of nitrogen functional groups attached to an aromatic ring is 1. The molecule has 0 saturated carbocycles. The first-order valence-electron chi connectivity index (χ1n) is 5.03. The maximum absolute atomic E-state index is 6.08. The van der Waals surface area contributed by atoms with Crippen molar-refractivity contribution in [3.63, 3.8) is 0 Å². The number of halogens is 1. The van der Waals surface area contributed by atoms with Gasteiger partial charge in [-0.05, 0) is 12.1 Å². The molecule has 2 N–H and O–H groups in total. The lowest BCUT2D eigenvalue weighted by Crippen LogP contribution is -2.03. The minimum absolute atomic E-state index is 0.474. The monoisotopic (exact) mass is 264 g/mol. The Balaban J connectivity index is 2.16. The molecular formula is C11H9ClN4S. The van der Waals surface area contributed by atoms with Crippen molar-refractivity contribution >= 4 is 39.9 Å². The van der Waals surface area contributed by atoms with Crippen LogP contribution in [0.25, 0.3) is 11.0 Å². The predicted octanol–water partition coefficient (Wildman–Crippen LogP) is 2.78. The fourth-order valence-corrected chi connectivity index (χ4v) is 2.57. The van der Waals surface area contributed by atoms with Crippen LogP contribution in [-0.2, 0) is 6.54 Å². The largest absolute Gasteiger partial charge is 0.369 e. The second-order valence-corrected chi connectivity index (χ2v) is 5.01. The summed E-state index contributed by atoms with van der Waals surface area (Å²) in [7, 11) is 0. The van der Waals surface area contributed by atoms with Gasteiger partial charge in [-0.15, -0.1) is 11.3 Å². The number of hydrogen-bond acceptors (Lipinski definition) is 4. The third-order valence-electron chi connectivity index (χ3n) is 2.56. The number of benzene rings is 1. The topological polar surface area (TPSA) is 56.7 Å². The van der Waals surface area contributed by atoms with Crippen LogP contribution in [0.5, 0.6) is 0 Å². The number of fused-ring (bicyclic) bond motifs is 1. The van der Waals surface area contributed by atoms with Crippen LogP contribution < -0.4 is 5.73 Å². The number of nitrogens with two attached hydrogens (primary N) is 1. The Hall–Kier alpha value is -1.59. The summed E-state index contributed by atoms with van der Waals surface area (Å²) >= 11 is 7.68. The third-order valence-corrected chi connectivity index (χ3v) is 3.63. The van der Waals surface area contributed by atoms with E-state index < -0.39 is 0 Å². The zero-order chi connectivity index (χ0) is 11.8. The summed E-state index contributed by atoms with van der Waals surface area (Å²) in [5.74, 6) is 0.474. The molecule has 0 amide bonds. The molecule has 86 valence electrons. The molecule has 0 atom stereocenters. The van der Waals surface area contributed by atoms with Crippen molar-refractivity contribution in [1.82, 2.24) is 14.5 Å². The third kappa shape index (κ3) is 1.77. The summed E-state index contributed by atoms with van der Waals surface area (Å²) in [6.45, 7) is 0.674. The average molecular weight is 265 g/mol. The van der Waals surface area contributed by atoms with E-state index in [-0.39, 0.29) is 0 Å². The normalized spacial score (nSPS) is 11.1. The van der Waals surface area contributed by atoms with Gasteiger partial charge in [0.1, 0.15) is 5.52 Å². The maximum Gasteiger partial charge on any atom is 0.201 e. The van der Waals surface area contributed by atoms with Gasteiger partial charge in [0.2, 0.25) is 5.95 Å². The average Bonchev–Trinajstić information content (AvgIpc) is 2.91. The molecule has 0 unspecified atom stereocenters. The number of aromatic nitrogens is 3. The molecule has 2 heterocycles. The number of hydrogen-bond donors (Lipinski definition) is 1. The molecule has 0 aliphatic carbocycles. The Kier molecular flexibility index (Phi) is 2.49. The Morgan fingerprint density at radius 1 is 1.41 bits per heavy atom. The van der Waals surface area contributed by atoms with Gasteiger partial charge in [-0.3, -0.25) is 4.98 Å². The molecule has 0 aliphatic rings. The van der Waals surface area contributed by atoms with Crippen molar-refractivity contribution in [2.45, 2.75) is 6.54 Å².